The molecular formula is C18H22ClN5O. The van der Waals surface area contributed by atoms with Crippen LogP contribution < -0.4 is 5.32 Å². The lowest BCUT2D eigenvalue weighted by Crippen LogP contribution is -2.45. The van der Waals surface area contributed by atoms with Crippen molar-refractivity contribution in [1.82, 2.24) is 19.7 Å². The molecule has 2 atom stereocenters. The van der Waals surface area contributed by atoms with E-state index in [1.165, 1.54) is 0 Å². The number of aromatic nitrogens is 3. The van der Waals surface area contributed by atoms with Crippen molar-refractivity contribution in [1.29, 1.82) is 0 Å². The number of nitrogens with zero attached hydrogens (tertiary/aromatic N) is 4. The lowest BCUT2D eigenvalue weighted by Gasteiger charge is -2.41. The molecule has 0 radical (unpaired) electrons. The number of halogens is 1. The van der Waals surface area contributed by atoms with Crippen LogP contribution in [0.15, 0.2) is 30.9 Å². The van der Waals surface area contributed by atoms with E-state index in [-0.39, 0.29) is 11.9 Å². The first-order valence-electron chi connectivity index (χ1n) is 8.76. The van der Waals surface area contributed by atoms with Gasteiger partial charge in [0.05, 0.1) is 22.9 Å². The fourth-order valence-electron chi connectivity index (χ4n) is 3.76. The van der Waals surface area contributed by atoms with E-state index in [2.05, 4.69) is 20.3 Å². The van der Waals surface area contributed by atoms with Gasteiger partial charge < -0.3 is 10.2 Å². The Balaban J connectivity index is 1.58. The van der Waals surface area contributed by atoms with Gasteiger partial charge in [0.15, 0.2) is 0 Å². The summed E-state index contributed by atoms with van der Waals surface area (Å²) in [5, 5.41) is 8.39. The highest BCUT2D eigenvalue weighted by Crippen LogP contribution is 2.43. The number of hydrogen-bond acceptors (Lipinski definition) is 4. The van der Waals surface area contributed by atoms with Gasteiger partial charge in [0.1, 0.15) is 0 Å². The summed E-state index contributed by atoms with van der Waals surface area (Å²) in [6.45, 7) is 0.764. The second-order valence-electron chi connectivity index (χ2n) is 6.96. The van der Waals surface area contributed by atoms with E-state index in [4.69, 9.17) is 11.6 Å². The molecule has 1 aliphatic carbocycles. The Labute approximate surface area is 152 Å². The van der Waals surface area contributed by atoms with E-state index in [1.54, 1.807) is 12.4 Å². The van der Waals surface area contributed by atoms with Gasteiger partial charge in [-0.2, -0.15) is 5.10 Å². The fraction of sp³-hybridized carbons (Fsp3) is 0.500. The molecule has 1 saturated carbocycles. The van der Waals surface area contributed by atoms with Crippen LogP contribution in [0, 0.1) is 5.92 Å². The molecule has 2 aliphatic rings. The molecular weight excluding hydrogens is 338 g/mol. The third-order valence-electron chi connectivity index (χ3n) is 5.10. The zero-order valence-electron chi connectivity index (χ0n) is 14.2. The number of anilines is 1. The molecule has 0 aromatic carbocycles. The molecule has 25 heavy (non-hydrogen) atoms. The van der Waals surface area contributed by atoms with Gasteiger partial charge in [-0.15, -0.1) is 0 Å². The Bertz CT molecular complexity index is 772. The van der Waals surface area contributed by atoms with Crippen LogP contribution in [0.2, 0.25) is 5.02 Å². The number of aryl methyl sites for hydroxylation is 1. The Morgan fingerprint density at radius 1 is 1.32 bits per heavy atom. The van der Waals surface area contributed by atoms with Crippen LogP contribution in [0.4, 0.5) is 5.69 Å². The van der Waals surface area contributed by atoms with Gasteiger partial charge in [-0.05, 0) is 25.3 Å². The predicted octanol–water partition coefficient (Wildman–Crippen LogP) is 3.02. The smallest absolute Gasteiger partial charge is 0.223 e. The predicted molar refractivity (Wildman–Crippen MR) is 96.3 cm³/mol. The molecule has 4 rings (SSSR count). The van der Waals surface area contributed by atoms with Crippen molar-refractivity contribution in [2.24, 2.45) is 13.0 Å². The molecule has 2 aromatic heterocycles. The molecule has 1 aliphatic heterocycles. The Hall–Kier alpha value is -2.08. The number of nitrogens with one attached hydrogen (secondary N) is 1. The zero-order valence-corrected chi connectivity index (χ0v) is 15.0. The van der Waals surface area contributed by atoms with Crippen LogP contribution in [0.25, 0.3) is 0 Å². The van der Waals surface area contributed by atoms with Crippen LogP contribution in [0.5, 0.6) is 0 Å². The van der Waals surface area contributed by atoms with Gasteiger partial charge in [-0.3, -0.25) is 14.5 Å². The van der Waals surface area contributed by atoms with Crippen molar-refractivity contribution < 1.29 is 4.79 Å². The van der Waals surface area contributed by atoms with E-state index >= 15 is 0 Å². The van der Waals surface area contributed by atoms with Crippen molar-refractivity contribution in [2.75, 3.05) is 11.9 Å². The Morgan fingerprint density at radius 3 is 2.84 bits per heavy atom. The fourth-order valence-corrected chi connectivity index (χ4v) is 3.95. The topological polar surface area (TPSA) is 63.1 Å². The maximum absolute atomic E-state index is 12.6. The summed E-state index contributed by atoms with van der Waals surface area (Å²) in [4.78, 5) is 18.7. The molecule has 7 heteroatoms. The first-order valence-corrected chi connectivity index (χ1v) is 9.14. The lowest BCUT2D eigenvalue weighted by atomic mass is 9.85. The molecule has 1 saturated heterocycles. The van der Waals surface area contributed by atoms with Gasteiger partial charge in [0.2, 0.25) is 5.91 Å². The molecule has 2 fully saturated rings. The molecule has 2 aromatic rings. The van der Waals surface area contributed by atoms with Crippen LogP contribution >= 0.6 is 11.6 Å². The van der Waals surface area contributed by atoms with Crippen molar-refractivity contribution in [2.45, 2.75) is 37.8 Å². The molecule has 132 valence electrons. The standard InChI is InChI=1S/C18H22ClN5O/c1-23-11-13(9-22-23)18-12(2-5-17(25)24(18)14-3-4-14)8-21-16-6-7-20-10-15(16)19/h6-7,9-12,14,18H,2-5,8H2,1H3,(H,20,21)/t12-,18+/m1/s1. The summed E-state index contributed by atoms with van der Waals surface area (Å²) < 4.78 is 1.81. The van der Waals surface area contributed by atoms with E-state index < -0.39 is 0 Å². The summed E-state index contributed by atoms with van der Waals surface area (Å²) in [6.07, 6.45) is 11.0. The van der Waals surface area contributed by atoms with Crippen LogP contribution in [-0.4, -0.2) is 38.2 Å². The number of carbonyl (C=O) groups is 1. The minimum Gasteiger partial charge on any atom is -0.383 e. The first kappa shape index (κ1) is 16.4. The zero-order chi connectivity index (χ0) is 17.4. The number of likely N-dealkylation sites (tertiary alicyclic amines) is 1. The minimum absolute atomic E-state index is 0.0792. The average molecular weight is 360 g/mol. The van der Waals surface area contributed by atoms with Crippen molar-refractivity contribution in [3.8, 4) is 0 Å². The summed E-state index contributed by atoms with van der Waals surface area (Å²) in [5.41, 5.74) is 2.01. The van der Waals surface area contributed by atoms with Crippen molar-refractivity contribution in [3.63, 3.8) is 0 Å². The quantitative estimate of drug-likeness (QED) is 0.891. The van der Waals surface area contributed by atoms with E-state index in [0.717, 1.165) is 37.1 Å². The average Bonchev–Trinajstić information content (AvgIpc) is 3.35. The normalized spacial score (nSPS) is 23.8. The van der Waals surface area contributed by atoms with Gasteiger partial charge in [-0.1, -0.05) is 11.6 Å². The maximum Gasteiger partial charge on any atom is 0.223 e. The lowest BCUT2D eigenvalue weighted by molar-refractivity contribution is -0.139. The molecule has 3 heterocycles. The minimum atomic E-state index is 0.0792. The summed E-state index contributed by atoms with van der Waals surface area (Å²) in [5.74, 6) is 0.598. The van der Waals surface area contributed by atoms with Crippen molar-refractivity contribution in [3.05, 3.63) is 41.4 Å². The highest BCUT2D eigenvalue weighted by atomic mass is 35.5. The Morgan fingerprint density at radius 2 is 2.16 bits per heavy atom. The third-order valence-corrected chi connectivity index (χ3v) is 5.40. The third kappa shape index (κ3) is 3.35. The van der Waals surface area contributed by atoms with Crippen molar-refractivity contribution >= 4 is 23.2 Å². The first-order chi connectivity index (χ1) is 12.1. The highest BCUT2D eigenvalue weighted by Gasteiger charge is 2.44. The van der Waals surface area contributed by atoms with Gasteiger partial charge in [-0.25, -0.2) is 0 Å². The molecule has 1 amide bonds. The van der Waals surface area contributed by atoms with E-state index in [9.17, 15) is 4.79 Å². The molecule has 1 N–H and O–H groups in total. The Kier molecular flexibility index (Phi) is 4.37. The van der Waals surface area contributed by atoms with E-state index in [0.29, 0.717) is 23.4 Å². The number of rotatable bonds is 5. The number of pyridine rings is 1. The van der Waals surface area contributed by atoms with Gasteiger partial charge >= 0.3 is 0 Å². The van der Waals surface area contributed by atoms with Crippen LogP contribution in [0.1, 0.15) is 37.3 Å². The van der Waals surface area contributed by atoms with E-state index in [1.807, 2.05) is 30.2 Å². The molecule has 0 spiro atoms. The highest BCUT2D eigenvalue weighted by molar-refractivity contribution is 6.33. The van der Waals surface area contributed by atoms with Crippen LogP contribution in [-0.2, 0) is 11.8 Å². The van der Waals surface area contributed by atoms with Gasteiger partial charge in [0.25, 0.3) is 0 Å². The summed E-state index contributed by atoms with van der Waals surface area (Å²) in [7, 11) is 1.92. The SMILES string of the molecule is Cn1cc([C@@H]2[C@@H](CNc3ccncc3Cl)CCC(=O)N2C2CC2)cn1. The summed E-state index contributed by atoms with van der Waals surface area (Å²) in [6, 6.07) is 2.36. The van der Waals surface area contributed by atoms with Gasteiger partial charge in [0, 0.05) is 56.1 Å². The second-order valence-corrected chi connectivity index (χ2v) is 7.37. The summed E-state index contributed by atoms with van der Waals surface area (Å²) >= 11 is 6.21. The molecule has 0 unspecified atom stereocenters. The number of hydrogen-bond donors (Lipinski definition) is 1. The largest absolute Gasteiger partial charge is 0.383 e. The molecule has 6 nitrogen and oxygen atoms in total. The van der Waals surface area contributed by atoms with Crippen LogP contribution in [0.3, 0.4) is 0 Å². The second kappa shape index (κ2) is 6.67. The molecule has 0 bridgehead atoms. The number of amides is 1. The number of piperidine rings is 1. The monoisotopic (exact) mass is 359 g/mol. The number of carbonyl (C=O) groups excluding carboxylic acids is 1. The maximum atomic E-state index is 12.6.